The van der Waals surface area contributed by atoms with E-state index in [0.29, 0.717) is 10.0 Å². The summed E-state index contributed by atoms with van der Waals surface area (Å²) in [5.41, 5.74) is 0.480. The molecule has 0 aliphatic carbocycles. The van der Waals surface area contributed by atoms with Crippen LogP contribution < -0.4 is 4.46 Å². The summed E-state index contributed by atoms with van der Waals surface area (Å²) in [4.78, 5) is 11.7. The van der Waals surface area contributed by atoms with Crippen molar-refractivity contribution in [1.82, 2.24) is 0 Å². The SMILES string of the molecule is CC(O)C#CC(C(=O)c1ccccc1)[Se](=O)c1ccccc1. The van der Waals surface area contributed by atoms with E-state index < -0.39 is 24.8 Å². The first-order chi connectivity index (χ1) is 10.6. The summed E-state index contributed by atoms with van der Waals surface area (Å²) in [6, 6.07) is 17.6. The van der Waals surface area contributed by atoms with Crippen molar-refractivity contribution in [2.45, 2.75) is 17.8 Å². The molecule has 3 nitrogen and oxygen atoms in total. The predicted octanol–water partition coefficient (Wildman–Crippen LogP) is 1.95. The molecule has 0 aliphatic rings. The van der Waals surface area contributed by atoms with E-state index in [1.54, 1.807) is 48.5 Å². The standard InChI is InChI=1S/C18H16O3Se/c1-14(19)12-13-17(18(20)15-8-4-2-5-9-15)22(21)16-10-6-3-7-11-16/h2-11,14,17,19H,1H3. The van der Waals surface area contributed by atoms with Gasteiger partial charge >= 0.3 is 134 Å². The molecule has 0 amide bonds. The minimum atomic E-state index is -2.69. The first-order valence-corrected chi connectivity index (χ1v) is 9.38. The molecule has 0 aromatic heterocycles. The van der Waals surface area contributed by atoms with Crippen LogP contribution in [-0.4, -0.2) is 30.8 Å². The number of aliphatic hydroxyl groups is 1. The Morgan fingerprint density at radius 3 is 2.09 bits per heavy atom. The van der Waals surface area contributed by atoms with E-state index >= 15 is 0 Å². The molecular formula is C18H16O3Se. The van der Waals surface area contributed by atoms with E-state index in [1.165, 1.54) is 6.92 Å². The van der Waals surface area contributed by atoms with Crippen LogP contribution in [0.4, 0.5) is 0 Å². The van der Waals surface area contributed by atoms with E-state index in [4.69, 9.17) is 0 Å². The number of rotatable bonds is 4. The Kier molecular flexibility index (Phi) is 5.80. The second-order valence-corrected chi connectivity index (χ2v) is 7.91. The van der Waals surface area contributed by atoms with Gasteiger partial charge in [0.05, 0.1) is 0 Å². The van der Waals surface area contributed by atoms with Crippen molar-refractivity contribution in [2.75, 3.05) is 0 Å². The van der Waals surface area contributed by atoms with Gasteiger partial charge in [0.2, 0.25) is 0 Å². The Morgan fingerprint density at radius 1 is 1.00 bits per heavy atom. The number of ketones is 1. The number of Topliss-reactive ketones (excluding diaryl/α,β-unsaturated/α-hetero) is 1. The minimum absolute atomic E-state index is 0.266. The number of benzene rings is 2. The van der Waals surface area contributed by atoms with Gasteiger partial charge in [0.15, 0.2) is 0 Å². The summed E-state index contributed by atoms with van der Waals surface area (Å²) in [5, 5.41) is 9.33. The van der Waals surface area contributed by atoms with Crippen molar-refractivity contribution in [3.63, 3.8) is 0 Å². The Labute approximate surface area is 134 Å². The second kappa shape index (κ2) is 7.82. The molecule has 0 radical (unpaired) electrons. The molecule has 0 spiro atoms. The molecule has 22 heavy (non-hydrogen) atoms. The van der Waals surface area contributed by atoms with Gasteiger partial charge in [-0.1, -0.05) is 0 Å². The predicted molar refractivity (Wildman–Crippen MR) is 86.5 cm³/mol. The summed E-state index contributed by atoms with van der Waals surface area (Å²) in [7, 11) is 0. The number of hydrogen-bond donors (Lipinski definition) is 1. The first-order valence-electron chi connectivity index (χ1n) is 6.83. The zero-order valence-electron chi connectivity index (χ0n) is 12.1. The molecule has 2 aromatic carbocycles. The third kappa shape index (κ3) is 4.22. The summed E-state index contributed by atoms with van der Waals surface area (Å²) >= 11 is -2.69. The van der Waals surface area contributed by atoms with Crippen molar-refractivity contribution in [3.8, 4) is 11.8 Å². The van der Waals surface area contributed by atoms with E-state index in [2.05, 4.69) is 11.8 Å². The molecule has 0 aliphatic heterocycles. The van der Waals surface area contributed by atoms with Crippen molar-refractivity contribution in [3.05, 3.63) is 66.2 Å². The molecule has 0 saturated heterocycles. The zero-order chi connectivity index (χ0) is 15.9. The molecule has 0 bridgehead atoms. The Morgan fingerprint density at radius 2 is 1.55 bits per heavy atom. The molecule has 2 rings (SSSR count). The summed E-state index contributed by atoms with van der Waals surface area (Å²) < 4.78 is 13.4. The molecule has 0 fully saturated rings. The molecule has 1 N–H and O–H groups in total. The van der Waals surface area contributed by atoms with Gasteiger partial charge in [-0.05, 0) is 0 Å². The van der Waals surface area contributed by atoms with E-state index in [9.17, 15) is 13.7 Å². The molecule has 3 unspecified atom stereocenters. The van der Waals surface area contributed by atoms with Crippen LogP contribution in [0.3, 0.4) is 0 Å². The summed E-state index contributed by atoms with van der Waals surface area (Å²) in [5.74, 6) is 5.01. The quantitative estimate of drug-likeness (QED) is 0.516. The van der Waals surface area contributed by atoms with Gasteiger partial charge in [0.1, 0.15) is 0 Å². The normalized spacial score (nSPS) is 14.3. The Hall–Kier alpha value is -2.05. The van der Waals surface area contributed by atoms with Gasteiger partial charge in [-0.3, -0.25) is 0 Å². The average molecular weight is 359 g/mol. The maximum atomic E-state index is 12.8. The van der Waals surface area contributed by atoms with Crippen LogP contribution >= 0.6 is 0 Å². The van der Waals surface area contributed by atoms with Crippen LogP contribution in [0.2, 0.25) is 4.82 Å². The fourth-order valence-corrected chi connectivity index (χ4v) is 4.38. The summed E-state index contributed by atoms with van der Waals surface area (Å²) in [6.45, 7) is 1.51. The number of aliphatic hydroxyl groups excluding tert-OH is 1. The molecular weight excluding hydrogens is 343 g/mol. The summed E-state index contributed by atoms with van der Waals surface area (Å²) in [6.07, 6.45) is -0.861. The van der Waals surface area contributed by atoms with Crippen LogP contribution in [-0.2, 0) is 3.83 Å². The van der Waals surface area contributed by atoms with E-state index in [-0.39, 0.29) is 5.78 Å². The van der Waals surface area contributed by atoms with Crippen LogP contribution in [0.25, 0.3) is 0 Å². The molecule has 3 atom stereocenters. The number of carbonyl (C=O) groups is 1. The number of hydrogen-bond acceptors (Lipinski definition) is 3. The van der Waals surface area contributed by atoms with Crippen molar-refractivity contribution < 1.29 is 13.7 Å². The van der Waals surface area contributed by atoms with Crippen LogP contribution in [0.1, 0.15) is 17.3 Å². The van der Waals surface area contributed by atoms with Crippen molar-refractivity contribution in [1.29, 1.82) is 0 Å². The maximum absolute atomic E-state index is 12.8. The van der Waals surface area contributed by atoms with Gasteiger partial charge in [0.25, 0.3) is 0 Å². The van der Waals surface area contributed by atoms with Crippen LogP contribution in [0.5, 0.6) is 0 Å². The molecule has 0 heterocycles. The fraction of sp³-hybridized carbons (Fsp3) is 0.167. The van der Waals surface area contributed by atoms with Crippen molar-refractivity contribution >= 4 is 24.1 Å². The van der Waals surface area contributed by atoms with Gasteiger partial charge < -0.3 is 0 Å². The van der Waals surface area contributed by atoms with Crippen LogP contribution in [0.15, 0.2) is 60.7 Å². The Balaban J connectivity index is 2.38. The van der Waals surface area contributed by atoms with E-state index in [1.807, 2.05) is 12.1 Å². The van der Waals surface area contributed by atoms with E-state index in [0.717, 1.165) is 0 Å². The third-order valence-corrected chi connectivity index (χ3v) is 6.05. The molecule has 4 heteroatoms. The number of carbonyl (C=O) groups excluding carboxylic acids is 1. The topological polar surface area (TPSA) is 54.4 Å². The Bertz CT molecular complexity index is 661. The zero-order valence-corrected chi connectivity index (χ0v) is 13.8. The van der Waals surface area contributed by atoms with Gasteiger partial charge in [-0.25, -0.2) is 0 Å². The van der Waals surface area contributed by atoms with Gasteiger partial charge in [0, 0.05) is 0 Å². The van der Waals surface area contributed by atoms with Gasteiger partial charge in [-0.2, -0.15) is 0 Å². The fourth-order valence-electron chi connectivity index (χ4n) is 1.86. The first kappa shape index (κ1) is 16.3. The monoisotopic (exact) mass is 360 g/mol. The second-order valence-electron chi connectivity index (χ2n) is 4.69. The molecule has 2 aromatic rings. The van der Waals surface area contributed by atoms with Gasteiger partial charge in [-0.15, -0.1) is 0 Å². The van der Waals surface area contributed by atoms with Crippen LogP contribution in [0, 0.1) is 11.8 Å². The average Bonchev–Trinajstić information content (AvgIpc) is 2.56. The molecule has 0 saturated carbocycles. The van der Waals surface area contributed by atoms with Crippen molar-refractivity contribution in [2.24, 2.45) is 0 Å². The molecule has 112 valence electrons. The third-order valence-electron chi connectivity index (χ3n) is 2.91.